The van der Waals surface area contributed by atoms with Crippen LogP contribution in [0.15, 0.2) is 11.1 Å². The number of rotatable bonds is 3. The number of hydrogen-bond acceptors (Lipinski definition) is 5. The molecule has 0 heterocycles. The molecule has 3 N–H and O–H groups in total. The maximum Gasteiger partial charge on any atom is 0.167 e. The van der Waals surface area contributed by atoms with E-state index >= 15 is 0 Å². The summed E-state index contributed by atoms with van der Waals surface area (Å²) in [5.41, 5.74) is 3.03. The number of phenols is 2. The molecule has 1 aromatic rings. The van der Waals surface area contributed by atoms with E-state index in [1.807, 2.05) is 0 Å². The fourth-order valence-electron chi connectivity index (χ4n) is 4.84. The predicted molar refractivity (Wildman–Crippen MR) is 99.1 cm³/mol. The number of ketones is 1. The third-order valence-corrected chi connectivity index (χ3v) is 6.43. The third kappa shape index (κ3) is 2.52. The van der Waals surface area contributed by atoms with Gasteiger partial charge >= 0.3 is 0 Å². The predicted octanol–water partition coefficient (Wildman–Crippen LogP) is 3.62. The quantitative estimate of drug-likeness (QED) is 0.566. The Hall–Kier alpha value is -2.01. The average molecular weight is 360 g/mol. The lowest BCUT2D eigenvalue weighted by Gasteiger charge is -2.47. The van der Waals surface area contributed by atoms with Gasteiger partial charge < -0.3 is 20.1 Å². The van der Waals surface area contributed by atoms with Crippen molar-refractivity contribution in [2.45, 2.75) is 64.9 Å². The number of aromatic hydroxyl groups is 2. The number of allylic oxidation sites excluding steroid dienone is 2. The highest BCUT2D eigenvalue weighted by Crippen LogP contribution is 2.58. The fraction of sp³-hybridized carbons (Fsp3) is 0.571. The molecule has 3 rings (SSSR count). The van der Waals surface area contributed by atoms with E-state index in [1.165, 1.54) is 18.3 Å². The number of carbonyl (C=O) groups excluding carboxylic acids is 1. The van der Waals surface area contributed by atoms with Crippen molar-refractivity contribution >= 4 is 5.78 Å². The van der Waals surface area contributed by atoms with Crippen LogP contribution in [0.1, 0.15) is 68.4 Å². The lowest BCUT2D eigenvalue weighted by Crippen LogP contribution is -2.42. The molecule has 0 fully saturated rings. The minimum Gasteiger partial charge on any atom is -0.507 e. The summed E-state index contributed by atoms with van der Waals surface area (Å²) in [6.45, 7) is 7.81. The first-order chi connectivity index (χ1) is 12.1. The summed E-state index contributed by atoms with van der Waals surface area (Å²) < 4.78 is 5.39. The molecule has 0 aliphatic heterocycles. The molecular weight excluding hydrogens is 332 g/mol. The van der Waals surface area contributed by atoms with Crippen molar-refractivity contribution in [3.05, 3.63) is 27.8 Å². The molecule has 142 valence electrons. The third-order valence-electron chi connectivity index (χ3n) is 6.43. The summed E-state index contributed by atoms with van der Waals surface area (Å²) in [7, 11) is 1.42. The molecule has 0 spiro atoms. The smallest absolute Gasteiger partial charge is 0.167 e. The molecule has 2 aliphatic rings. The molecule has 2 unspecified atom stereocenters. The summed E-state index contributed by atoms with van der Waals surface area (Å²) in [4.78, 5) is 12.9. The van der Waals surface area contributed by atoms with Crippen LogP contribution in [0.25, 0.3) is 0 Å². The van der Waals surface area contributed by atoms with Gasteiger partial charge in [-0.2, -0.15) is 0 Å². The molecule has 0 amide bonds. The van der Waals surface area contributed by atoms with Crippen LogP contribution in [0.3, 0.4) is 0 Å². The van der Waals surface area contributed by atoms with E-state index in [2.05, 4.69) is 20.8 Å². The second-order valence-corrected chi connectivity index (χ2v) is 8.07. The number of benzene rings is 1. The number of Topliss-reactive ketones (excluding diaryl/α,β-unsaturated/α-hetero) is 1. The van der Waals surface area contributed by atoms with Crippen molar-refractivity contribution in [1.82, 2.24) is 0 Å². The van der Waals surface area contributed by atoms with Gasteiger partial charge in [-0.3, -0.25) is 4.79 Å². The highest BCUT2D eigenvalue weighted by atomic mass is 16.5. The molecule has 1 aromatic carbocycles. The van der Waals surface area contributed by atoms with E-state index in [0.29, 0.717) is 12.0 Å². The molecule has 0 saturated carbocycles. The second kappa shape index (κ2) is 6.31. The van der Waals surface area contributed by atoms with Gasteiger partial charge in [0.2, 0.25) is 0 Å². The van der Waals surface area contributed by atoms with E-state index in [0.717, 1.165) is 12.8 Å². The van der Waals surface area contributed by atoms with Gasteiger partial charge in [0.1, 0.15) is 5.75 Å². The Balaban J connectivity index is 2.33. The topological polar surface area (TPSA) is 87.0 Å². The number of fused-ring (bicyclic) bond motifs is 3. The number of ether oxygens (including phenoxy) is 1. The number of aliphatic hydroxyl groups excluding tert-OH is 1. The van der Waals surface area contributed by atoms with Gasteiger partial charge in [-0.1, -0.05) is 18.1 Å². The standard InChI is InChI=1S/C21H28O5/c1-10-6-7-21(4)14(12(10)3)9-15(23)16-17(21)19(25)20(26-5)13(18(16)24)8-11(2)22/h11,14,22,24-25H,6-9H2,1-5H3/t11?,14?,21-/m0/s1. The molecule has 5 nitrogen and oxygen atoms in total. The largest absolute Gasteiger partial charge is 0.507 e. The molecule has 0 radical (unpaired) electrons. The Morgan fingerprint density at radius 2 is 1.92 bits per heavy atom. The molecule has 0 bridgehead atoms. The molecule has 3 atom stereocenters. The van der Waals surface area contributed by atoms with Gasteiger partial charge in [0, 0.05) is 29.4 Å². The first kappa shape index (κ1) is 18.8. The van der Waals surface area contributed by atoms with Crippen LogP contribution in [0.4, 0.5) is 0 Å². The normalized spacial score (nSPS) is 26.4. The van der Waals surface area contributed by atoms with Crippen LogP contribution >= 0.6 is 0 Å². The Labute approximate surface area is 154 Å². The molecule has 5 heteroatoms. The van der Waals surface area contributed by atoms with Gasteiger partial charge in [-0.25, -0.2) is 0 Å². The second-order valence-electron chi connectivity index (χ2n) is 8.07. The summed E-state index contributed by atoms with van der Waals surface area (Å²) in [6.07, 6.45) is 1.37. The Bertz CT molecular complexity index is 805. The van der Waals surface area contributed by atoms with Crippen LogP contribution in [0.5, 0.6) is 17.2 Å². The van der Waals surface area contributed by atoms with Crippen LogP contribution < -0.4 is 4.74 Å². The van der Waals surface area contributed by atoms with E-state index in [4.69, 9.17) is 4.74 Å². The summed E-state index contributed by atoms with van der Waals surface area (Å²) in [5.74, 6) is -0.249. The zero-order chi connectivity index (χ0) is 19.4. The molecular formula is C21H28O5. The van der Waals surface area contributed by atoms with Crippen molar-refractivity contribution < 1.29 is 24.9 Å². The Morgan fingerprint density at radius 3 is 2.50 bits per heavy atom. The van der Waals surface area contributed by atoms with Gasteiger partial charge in [-0.05, 0) is 39.5 Å². The summed E-state index contributed by atoms with van der Waals surface area (Å²) >= 11 is 0. The molecule has 0 saturated heterocycles. The van der Waals surface area contributed by atoms with E-state index in [-0.39, 0.29) is 46.5 Å². The van der Waals surface area contributed by atoms with Crippen LogP contribution in [-0.4, -0.2) is 34.3 Å². The van der Waals surface area contributed by atoms with Gasteiger partial charge in [0.05, 0.1) is 18.8 Å². The summed E-state index contributed by atoms with van der Waals surface area (Å²) in [6, 6.07) is 0. The van der Waals surface area contributed by atoms with Crippen molar-refractivity contribution in [2.75, 3.05) is 7.11 Å². The van der Waals surface area contributed by atoms with E-state index < -0.39 is 11.5 Å². The van der Waals surface area contributed by atoms with Crippen molar-refractivity contribution in [1.29, 1.82) is 0 Å². The van der Waals surface area contributed by atoms with Crippen molar-refractivity contribution in [3.63, 3.8) is 0 Å². The minimum atomic E-state index is -0.739. The maximum absolute atomic E-state index is 12.9. The van der Waals surface area contributed by atoms with Crippen molar-refractivity contribution in [3.8, 4) is 17.2 Å². The minimum absolute atomic E-state index is 0.00821. The lowest BCUT2D eigenvalue weighted by atomic mass is 9.56. The zero-order valence-corrected chi connectivity index (χ0v) is 16.1. The number of methoxy groups -OCH3 is 1. The van der Waals surface area contributed by atoms with Crippen LogP contribution in [0.2, 0.25) is 0 Å². The number of hydrogen-bond donors (Lipinski definition) is 3. The molecule has 0 aromatic heterocycles. The van der Waals surface area contributed by atoms with Gasteiger partial charge in [0.25, 0.3) is 0 Å². The first-order valence-electron chi connectivity index (χ1n) is 9.16. The lowest BCUT2D eigenvalue weighted by molar-refractivity contribution is 0.0903. The van der Waals surface area contributed by atoms with Gasteiger partial charge in [-0.15, -0.1) is 0 Å². The fourth-order valence-corrected chi connectivity index (χ4v) is 4.84. The SMILES string of the molecule is COc1c(O)c2c(c(O)c1CC(C)O)C(=O)CC1C(C)=C(C)CC[C@]21C. The zero-order valence-electron chi connectivity index (χ0n) is 16.1. The highest BCUT2D eigenvalue weighted by Gasteiger charge is 2.50. The first-order valence-corrected chi connectivity index (χ1v) is 9.16. The Morgan fingerprint density at radius 1 is 1.27 bits per heavy atom. The van der Waals surface area contributed by atoms with E-state index in [1.54, 1.807) is 6.92 Å². The number of aliphatic hydroxyl groups is 1. The molecule has 2 aliphatic carbocycles. The number of phenolic OH excluding ortho intramolecular Hbond substituents is 2. The van der Waals surface area contributed by atoms with Crippen LogP contribution in [0, 0.1) is 5.92 Å². The average Bonchev–Trinajstić information content (AvgIpc) is 2.57. The highest BCUT2D eigenvalue weighted by molar-refractivity contribution is 6.04. The number of carbonyl (C=O) groups is 1. The maximum atomic E-state index is 12.9. The summed E-state index contributed by atoms with van der Waals surface area (Å²) in [5, 5.41) is 31.7. The monoisotopic (exact) mass is 360 g/mol. The van der Waals surface area contributed by atoms with Gasteiger partial charge in [0.15, 0.2) is 17.3 Å². The van der Waals surface area contributed by atoms with Crippen LogP contribution in [-0.2, 0) is 11.8 Å². The van der Waals surface area contributed by atoms with E-state index in [9.17, 15) is 20.1 Å². The Kier molecular flexibility index (Phi) is 4.55. The van der Waals surface area contributed by atoms with Crippen molar-refractivity contribution in [2.24, 2.45) is 5.92 Å². The molecule has 26 heavy (non-hydrogen) atoms.